The van der Waals surface area contributed by atoms with Gasteiger partial charge in [-0.05, 0) is 51.4 Å². The van der Waals surface area contributed by atoms with Crippen LogP contribution < -0.4 is 0 Å². The second-order valence-corrected chi connectivity index (χ2v) is 23.2. The van der Waals surface area contributed by atoms with Crippen molar-refractivity contribution in [1.82, 2.24) is 0 Å². The maximum atomic E-state index is 12.3. The average molecular weight is 1070 g/mol. The third-order valence-electron chi connectivity index (χ3n) is 15.6. The molecule has 0 saturated carbocycles. The summed E-state index contributed by atoms with van der Waals surface area (Å²) in [6.07, 6.45) is 90.1. The van der Waals surface area contributed by atoms with Crippen LogP contribution in [0.15, 0.2) is 48.6 Å². The number of unbranched alkanes of at least 4 members (excludes halogenated alkanes) is 48. The van der Waals surface area contributed by atoms with Crippen LogP contribution in [0.4, 0.5) is 0 Å². The number of hydrogen-bond acceptors (Lipinski definition) is 5. The molecule has 76 heavy (non-hydrogen) atoms. The van der Waals surface area contributed by atoms with Gasteiger partial charge in [0.25, 0.3) is 0 Å². The lowest BCUT2D eigenvalue weighted by Crippen LogP contribution is -2.28. The second-order valence-electron chi connectivity index (χ2n) is 23.2. The minimum Gasteiger partial charge on any atom is -0.462 e. The van der Waals surface area contributed by atoms with Crippen molar-refractivity contribution in [3.05, 3.63) is 48.6 Å². The molecule has 0 saturated heterocycles. The molecule has 5 heteroatoms. The molecule has 1 N–H and O–H groups in total. The van der Waals surface area contributed by atoms with E-state index >= 15 is 0 Å². The molecule has 0 aromatic heterocycles. The normalized spacial score (nSPS) is 12.4. The Hall–Kier alpha value is -2.14. The third kappa shape index (κ3) is 64.4. The van der Waals surface area contributed by atoms with E-state index in [1.165, 1.54) is 289 Å². The van der Waals surface area contributed by atoms with Crippen molar-refractivity contribution in [2.75, 3.05) is 13.2 Å². The van der Waals surface area contributed by atoms with Crippen LogP contribution >= 0.6 is 0 Å². The lowest BCUT2D eigenvalue weighted by molar-refractivity contribution is -0.161. The largest absolute Gasteiger partial charge is 0.462 e. The molecular formula is C71H132O5. The molecule has 0 amide bonds. The maximum absolute atomic E-state index is 12.3. The third-order valence-corrected chi connectivity index (χ3v) is 15.6. The lowest BCUT2D eigenvalue weighted by atomic mass is 10.0. The van der Waals surface area contributed by atoms with E-state index in [0.717, 1.165) is 57.8 Å². The molecule has 0 aliphatic rings. The van der Waals surface area contributed by atoms with Crippen molar-refractivity contribution in [3.8, 4) is 0 Å². The molecule has 446 valence electrons. The highest BCUT2D eigenvalue weighted by Gasteiger charge is 2.16. The van der Waals surface area contributed by atoms with E-state index in [4.69, 9.17) is 9.47 Å². The number of esters is 2. The Balaban J connectivity index is 3.36. The summed E-state index contributed by atoms with van der Waals surface area (Å²) in [4.78, 5) is 24.6. The quantitative estimate of drug-likeness (QED) is 0.0373. The van der Waals surface area contributed by atoms with Gasteiger partial charge in [0.2, 0.25) is 0 Å². The first kappa shape index (κ1) is 73.9. The molecule has 0 aromatic carbocycles. The zero-order chi connectivity index (χ0) is 54.8. The van der Waals surface area contributed by atoms with E-state index < -0.39 is 6.10 Å². The van der Waals surface area contributed by atoms with E-state index in [2.05, 4.69) is 62.5 Å². The van der Waals surface area contributed by atoms with Crippen LogP contribution in [-0.4, -0.2) is 36.4 Å². The summed E-state index contributed by atoms with van der Waals surface area (Å²) in [6, 6.07) is 0. The van der Waals surface area contributed by atoms with Gasteiger partial charge in [-0.1, -0.05) is 358 Å². The van der Waals surface area contributed by atoms with Gasteiger partial charge in [-0.15, -0.1) is 0 Å². The first-order valence-electron chi connectivity index (χ1n) is 34.2. The minimum absolute atomic E-state index is 0.0580. The van der Waals surface area contributed by atoms with E-state index in [1.807, 2.05) is 0 Å². The number of hydrogen-bond donors (Lipinski definition) is 1. The van der Waals surface area contributed by atoms with E-state index in [-0.39, 0.29) is 25.2 Å². The summed E-state index contributed by atoms with van der Waals surface area (Å²) in [6.45, 7) is 4.09. The topological polar surface area (TPSA) is 72.8 Å². The highest BCUT2D eigenvalue weighted by molar-refractivity contribution is 5.70. The Morgan fingerprint density at radius 1 is 0.316 bits per heavy atom. The van der Waals surface area contributed by atoms with Gasteiger partial charge in [0.05, 0.1) is 6.61 Å². The molecular weight excluding hydrogens is 933 g/mol. The SMILES string of the molecule is CC/C=C\C/C=C\C/C=C\C/C=C\CCCCCCCCCCCCCCCCCCCCCCCCCCCCCCC(=O)OC(CO)COC(=O)CCCCCCCCCCCCCCCCCCCCCCC. The Morgan fingerprint density at radius 3 is 0.855 bits per heavy atom. The van der Waals surface area contributed by atoms with E-state index in [9.17, 15) is 14.7 Å². The fraction of sp³-hybridized carbons (Fsp3) is 0.859. The van der Waals surface area contributed by atoms with Gasteiger partial charge < -0.3 is 14.6 Å². The fourth-order valence-electron chi connectivity index (χ4n) is 10.6. The van der Waals surface area contributed by atoms with Crippen LogP contribution in [-0.2, 0) is 19.1 Å². The molecule has 0 spiro atoms. The Kier molecular flexibility index (Phi) is 65.2. The van der Waals surface area contributed by atoms with Crippen LogP contribution in [0.1, 0.15) is 373 Å². The summed E-state index contributed by atoms with van der Waals surface area (Å²) in [5.41, 5.74) is 0. The van der Waals surface area contributed by atoms with Crippen LogP contribution in [0.5, 0.6) is 0 Å². The first-order valence-corrected chi connectivity index (χ1v) is 34.2. The van der Waals surface area contributed by atoms with Gasteiger partial charge in [0.1, 0.15) is 6.61 Å². The highest BCUT2D eigenvalue weighted by atomic mass is 16.6. The van der Waals surface area contributed by atoms with Crippen molar-refractivity contribution in [1.29, 1.82) is 0 Å². The summed E-state index contributed by atoms with van der Waals surface area (Å²) in [7, 11) is 0. The molecule has 0 aliphatic heterocycles. The van der Waals surface area contributed by atoms with Crippen molar-refractivity contribution < 1.29 is 24.2 Å². The number of carbonyl (C=O) groups is 2. The van der Waals surface area contributed by atoms with Crippen molar-refractivity contribution in [3.63, 3.8) is 0 Å². The molecule has 1 unspecified atom stereocenters. The van der Waals surface area contributed by atoms with Crippen molar-refractivity contribution in [2.45, 2.75) is 380 Å². The zero-order valence-electron chi connectivity index (χ0n) is 51.3. The minimum atomic E-state index is -0.768. The number of aliphatic hydroxyl groups excluding tert-OH is 1. The standard InChI is InChI=1S/C71H132O5/c1-3-5-7-9-11-13-15-17-19-21-23-25-26-27-28-29-30-31-32-33-34-35-36-37-38-39-40-41-42-43-44-46-48-50-52-54-56-58-60-62-64-66-71(74)76-69(67-72)68-75-70(73)65-63-61-59-57-55-53-51-49-47-45-24-22-20-18-16-14-12-10-8-6-4-2/h5,7,11,13,17,19,23,25,69,72H,3-4,6,8-10,12,14-16,18,20-22,24,26-68H2,1-2H3/b7-5-,13-11-,19-17-,25-23-. The molecule has 0 fully saturated rings. The fourth-order valence-corrected chi connectivity index (χ4v) is 10.6. The maximum Gasteiger partial charge on any atom is 0.306 e. The van der Waals surface area contributed by atoms with Gasteiger partial charge in [0.15, 0.2) is 6.10 Å². The van der Waals surface area contributed by atoms with Crippen molar-refractivity contribution >= 4 is 11.9 Å². The first-order chi connectivity index (χ1) is 37.6. The number of ether oxygens (including phenoxy) is 2. The number of carbonyl (C=O) groups excluding carboxylic acids is 2. The zero-order valence-corrected chi connectivity index (χ0v) is 51.3. The predicted octanol–water partition coefficient (Wildman–Crippen LogP) is 23.5. The van der Waals surface area contributed by atoms with Gasteiger partial charge >= 0.3 is 11.9 Å². The molecule has 0 aliphatic carbocycles. The monoisotopic (exact) mass is 1070 g/mol. The summed E-state index contributed by atoms with van der Waals surface area (Å²) < 4.78 is 10.8. The van der Waals surface area contributed by atoms with Crippen LogP contribution in [0.25, 0.3) is 0 Å². The van der Waals surface area contributed by atoms with Crippen LogP contribution in [0, 0.1) is 0 Å². The summed E-state index contributed by atoms with van der Waals surface area (Å²) in [5, 5.41) is 9.68. The van der Waals surface area contributed by atoms with E-state index in [0.29, 0.717) is 12.8 Å². The average Bonchev–Trinajstić information content (AvgIpc) is 3.42. The lowest BCUT2D eigenvalue weighted by Gasteiger charge is -2.15. The van der Waals surface area contributed by atoms with Gasteiger partial charge in [-0.2, -0.15) is 0 Å². The highest BCUT2D eigenvalue weighted by Crippen LogP contribution is 2.19. The molecule has 1 atom stereocenters. The Bertz CT molecular complexity index is 1250. The summed E-state index contributed by atoms with van der Waals surface area (Å²) in [5.74, 6) is -0.565. The van der Waals surface area contributed by atoms with E-state index in [1.54, 1.807) is 0 Å². The molecule has 0 aromatic rings. The molecule has 5 nitrogen and oxygen atoms in total. The molecule has 0 bridgehead atoms. The number of allylic oxidation sites excluding steroid dienone is 8. The Morgan fingerprint density at radius 2 is 0.566 bits per heavy atom. The summed E-state index contributed by atoms with van der Waals surface area (Å²) >= 11 is 0. The predicted molar refractivity (Wildman–Crippen MR) is 334 cm³/mol. The van der Waals surface area contributed by atoms with Crippen molar-refractivity contribution in [2.24, 2.45) is 0 Å². The van der Waals surface area contributed by atoms with Gasteiger partial charge in [0, 0.05) is 12.8 Å². The van der Waals surface area contributed by atoms with Gasteiger partial charge in [-0.3, -0.25) is 9.59 Å². The molecule has 0 heterocycles. The molecule has 0 rings (SSSR count). The van der Waals surface area contributed by atoms with Crippen LogP contribution in [0.3, 0.4) is 0 Å². The molecule has 0 radical (unpaired) electrons. The second kappa shape index (κ2) is 67.1. The van der Waals surface area contributed by atoms with Crippen LogP contribution in [0.2, 0.25) is 0 Å². The van der Waals surface area contributed by atoms with Gasteiger partial charge in [-0.25, -0.2) is 0 Å². The Labute approximate surface area is 475 Å². The number of rotatable bonds is 64. The smallest absolute Gasteiger partial charge is 0.306 e. The number of aliphatic hydroxyl groups is 1.